The van der Waals surface area contributed by atoms with E-state index in [-0.39, 0.29) is 0 Å². The number of esters is 2. The fraction of sp³-hybridized carbons (Fsp3) is 0.714. The summed E-state index contributed by atoms with van der Waals surface area (Å²) in [5.74, 6) is 4.41. The summed E-state index contributed by atoms with van der Waals surface area (Å²) in [6.07, 6.45) is 13.3. The van der Waals surface area contributed by atoms with Crippen LogP contribution in [0, 0.1) is 11.8 Å². The summed E-state index contributed by atoms with van der Waals surface area (Å²) < 4.78 is 10.2. The predicted molar refractivity (Wildman–Crippen MR) is 101 cm³/mol. The molecule has 0 aliphatic rings. The molecule has 0 aromatic heterocycles. The van der Waals surface area contributed by atoms with Crippen molar-refractivity contribution in [3.05, 3.63) is 12.2 Å². The van der Waals surface area contributed by atoms with Crippen molar-refractivity contribution in [2.24, 2.45) is 0 Å². The second-order valence-electron chi connectivity index (χ2n) is 6.06. The number of rotatable bonds is 14. The molecule has 0 rings (SSSR count). The maximum Gasteiger partial charge on any atom is 0.332 e. The van der Waals surface area contributed by atoms with Crippen LogP contribution in [0.15, 0.2) is 12.2 Å². The van der Waals surface area contributed by atoms with Crippen LogP contribution in [0.1, 0.15) is 85.0 Å². The van der Waals surface area contributed by atoms with Gasteiger partial charge in [0.05, 0.1) is 6.61 Å². The third kappa shape index (κ3) is 15.5. The lowest BCUT2D eigenvalue weighted by Gasteiger charge is -2.07. The van der Waals surface area contributed by atoms with E-state index in [0.717, 1.165) is 25.0 Å². The van der Waals surface area contributed by atoms with Crippen LogP contribution < -0.4 is 0 Å². The van der Waals surface area contributed by atoms with Crippen LogP contribution >= 0.6 is 0 Å². The molecule has 1 unspecified atom stereocenters. The molecule has 0 fully saturated rings. The summed E-state index contributed by atoms with van der Waals surface area (Å²) in [4.78, 5) is 23.1. The molecule has 0 spiro atoms. The highest BCUT2D eigenvalue weighted by molar-refractivity contribution is 5.91. The second-order valence-corrected chi connectivity index (χ2v) is 6.06. The van der Waals surface area contributed by atoms with Crippen molar-refractivity contribution in [1.29, 1.82) is 0 Å². The highest BCUT2D eigenvalue weighted by Crippen LogP contribution is 2.09. The first kappa shape index (κ1) is 23.2. The summed E-state index contributed by atoms with van der Waals surface area (Å²) in [6, 6.07) is 0. The van der Waals surface area contributed by atoms with Crippen molar-refractivity contribution in [1.82, 2.24) is 0 Å². The normalized spacial score (nSPS) is 11.6. The second kappa shape index (κ2) is 17.1. The molecule has 0 saturated heterocycles. The van der Waals surface area contributed by atoms with E-state index in [1.165, 1.54) is 44.9 Å². The Hall–Kier alpha value is -1.76. The Bertz CT molecular complexity index is 443. The van der Waals surface area contributed by atoms with Gasteiger partial charge in [0.15, 0.2) is 6.10 Å². The minimum absolute atomic E-state index is 0.396. The maximum atomic E-state index is 11.5. The van der Waals surface area contributed by atoms with Gasteiger partial charge in [0, 0.05) is 12.2 Å². The van der Waals surface area contributed by atoms with Crippen molar-refractivity contribution >= 4 is 11.9 Å². The Kier molecular flexibility index (Phi) is 15.9. The van der Waals surface area contributed by atoms with Crippen LogP contribution in [0.5, 0.6) is 0 Å². The van der Waals surface area contributed by atoms with Crippen LogP contribution in [0.4, 0.5) is 0 Å². The standard InChI is InChI=1S/C21H34O4/c1-4-7-8-9-10-11-12-13-14-18-24-20(22)16-17-21(23)25-19(6-3)15-5-2/h16-17,19H,4,6-14,18H2,1-3H3/b17-16+. The Morgan fingerprint density at radius 1 is 0.880 bits per heavy atom. The van der Waals surface area contributed by atoms with Gasteiger partial charge < -0.3 is 9.47 Å². The molecular weight excluding hydrogens is 316 g/mol. The Balaban J connectivity index is 3.65. The zero-order valence-electron chi connectivity index (χ0n) is 16.1. The average Bonchev–Trinajstić information content (AvgIpc) is 2.61. The van der Waals surface area contributed by atoms with Gasteiger partial charge in [-0.2, -0.15) is 0 Å². The molecule has 1 atom stereocenters. The van der Waals surface area contributed by atoms with Crippen LogP contribution in [0.2, 0.25) is 0 Å². The first-order valence-electron chi connectivity index (χ1n) is 9.61. The number of carbonyl (C=O) groups is 2. The zero-order chi connectivity index (χ0) is 18.8. The Morgan fingerprint density at radius 3 is 2.00 bits per heavy atom. The van der Waals surface area contributed by atoms with Crippen LogP contribution in [0.3, 0.4) is 0 Å². The largest absolute Gasteiger partial charge is 0.463 e. The molecular formula is C21H34O4. The first-order chi connectivity index (χ1) is 12.1. The minimum Gasteiger partial charge on any atom is -0.463 e. The number of unbranched alkanes of at least 4 members (excludes halogenated alkanes) is 8. The molecule has 0 aromatic carbocycles. The summed E-state index contributed by atoms with van der Waals surface area (Å²) in [5.41, 5.74) is 0. The topological polar surface area (TPSA) is 52.6 Å². The van der Waals surface area contributed by atoms with Gasteiger partial charge in [-0.15, -0.1) is 5.92 Å². The molecule has 0 saturated carbocycles. The van der Waals surface area contributed by atoms with E-state index in [4.69, 9.17) is 9.47 Å². The lowest BCUT2D eigenvalue weighted by Crippen LogP contribution is -2.14. The smallest absolute Gasteiger partial charge is 0.332 e. The van der Waals surface area contributed by atoms with E-state index in [0.29, 0.717) is 13.0 Å². The molecule has 4 heteroatoms. The van der Waals surface area contributed by atoms with Crippen molar-refractivity contribution in [3.63, 3.8) is 0 Å². The molecule has 4 nitrogen and oxygen atoms in total. The third-order valence-corrected chi connectivity index (χ3v) is 3.78. The van der Waals surface area contributed by atoms with E-state index in [2.05, 4.69) is 18.8 Å². The first-order valence-corrected chi connectivity index (χ1v) is 9.61. The van der Waals surface area contributed by atoms with Gasteiger partial charge in [0.25, 0.3) is 0 Å². The Labute approximate surface area is 153 Å². The van der Waals surface area contributed by atoms with Crippen molar-refractivity contribution in [2.75, 3.05) is 6.61 Å². The molecule has 0 aliphatic carbocycles. The van der Waals surface area contributed by atoms with E-state index in [1.54, 1.807) is 6.92 Å². The summed E-state index contributed by atoms with van der Waals surface area (Å²) in [7, 11) is 0. The van der Waals surface area contributed by atoms with Gasteiger partial charge >= 0.3 is 11.9 Å². The fourth-order valence-electron chi connectivity index (χ4n) is 2.33. The van der Waals surface area contributed by atoms with Gasteiger partial charge in [-0.25, -0.2) is 9.59 Å². The number of hydrogen-bond donors (Lipinski definition) is 0. The molecule has 0 aliphatic heterocycles. The Morgan fingerprint density at radius 2 is 1.44 bits per heavy atom. The van der Waals surface area contributed by atoms with E-state index in [9.17, 15) is 9.59 Å². The number of carbonyl (C=O) groups excluding carboxylic acids is 2. The molecule has 0 radical (unpaired) electrons. The zero-order valence-corrected chi connectivity index (χ0v) is 16.1. The monoisotopic (exact) mass is 350 g/mol. The summed E-state index contributed by atoms with van der Waals surface area (Å²) in [6.45, 7) is 6.19. The third-order valence-electron chi connectivity index (χ3n) is 3.78. The highest BCUT2D eigenvalue weighted by Gasteiger charge is 2.07. The van der Waals surface area contributed by atoms with Crippen LogP contribution in [-0.4, -0.2) is 24.6 Å². The van der Waals surface area contributed by atoms with Gasteiger partial charge in [0.1, 0.15) is 0 Å². The van der Waals surface area contributed by atoms with Gasteiger partial charge in [0.2, 0.25) is 0 Å². The molecule has 0 N–H and O–H groups in total. The fourth-order valence-corrected chi connectivity index (χ4v) is 2.33. The number of ether oxygens (including phenoxy) is 2. The summed E-state index contributed by atoms with van der Waals surface area (Å²) >= 11 is 0. The quantitative estimate of drug-likeness (QED) is 0.192. The minimum atomic E-state index is -0.574. The molecule has 0 heterocycles. The lowest BCUT2D eigenvalue weighted by molar-refractivity contribution is -0.142. The van der Waals surface area contributed by atoms with Gasteiger partial charge in [-0.05, 0) is 19.8 Å². The predicted octanol–water partition coefficient (Wildman–Crippen LogP) is 4.96. The molecule has 142 valence electrons. The number of hydrogen-bond acceptors (Lipinski definition) is 4. The van der Waals surface area contributed by atoms with Crippen LogP contribution in [0.25, 0.3) is 0 Å². The maximum absolute atomic E-state index is 11.5. The molecule has 0 bridgehead atoms. The van der Waals surface area contributed by atoms with E-state index in [1.807, 2.05) is 6.92 Å². The van der Waals surface area contributed by atoms with Crippen molar-refractivity contribution in [2.45, 2.75) is 91.1 Å². The molecule has 25 heavy (non-hydrogen) atoms. The summed E-state index contributed by atoms with van der Waals surface area (Å²) in [5, 5.41) is 0. The van der Waals surface area contributed by atoms with Gasteiger partial charge in [-0.3, -0.25) is 0 Å². The average molecular weight is 350 g/mol. The SMILES string of the molecule is CC#CC(CC)OC(=O)/C=C/C(=O)OCCCCCCCCCCC. The van der Waals surface area contributed by atoms with Crippen molar-refractivity contribution < 1.29 is 19.1 Å². The molecule has 0 aromatic rings. The van der Waals surface area contributed by atoms with Gasteiger partial charge in [-0.1, -0.05) is 71.1 Å². The highest BCUT2D eigenvalue weighted by atomic mass is 16.5. The van der Waals surface area contributed by atoms with Crippen LogP contribution in [-0.2, 0) is 19.1 Å². The molecule has 0 amide bonds. The van der Waals surface area contributed by atoms with E-state index >= 15 is 0 Å². The van der Waals surface area contributed by atoms with E-state index < -0.39 is 18.0 Å². The van der Waals surface area contributed by atoms with Crippen molar-refractivity contribution in [3.8, 4) is 11.8 Å². The lowest BCUT2D eigenvalue weighted by atomic mass is 10.1.